The van der Waals surface area contributed by atoms with Gasteiger partial charge in [0.2, 0.25) is 0 Å². The van der Waals surface area contributed by atoms with Crippen LogP contribution in [0.3, 0.4) is 0 Å². The SMILES string of the molecule is O=C(O)c1ccc(C(=O)/C=C/c2cc(Br)cc(Br)c2)cc1. The van der Waals surface area contributed by atoms with Gasteiger partial charge in [0.15, 0.2) is 5.78 Å². The fourth-order valence-electron chi connectivity index (χ4n) is 1.72. The van der Waals surface area contributed by atoms with Crippen molar-refractivity contribution in [1.82, 2.24) is 0 Å². The Kier molecular flexibility index (Phi) is 5.09. The average molecular weight is 410 g/mol. The lowest BCUT2D eigenvalue weighted by atomic mass is 10.1. The van der Waals surface area contributed by atoms with E-state index in [-0.39, 0.29) is 11.3 Å². The van der Waals surface area contributed by atoms with Crippen LogP contribution in [0.1, 0.15) is 26.3 Å². The van der Waals surface area contributed by atoms with Crippen LogP contribution in [0.2, 0.25) is 0 Å². The van der Waals surface area contributed by atoms with E-state index in [0.717, 1.165) is 14.5 Å². The number of carboxylic acids is 1. The number of halogens is 2. The summed E-state index contributed by atoms with van der Waals surface area (Å²) in [5.41, 5.74) is 1.49. The number of benzene rings is 2. The number of carbonyl (C=O) groups excluding carboxylic acids is 1. The van der Waals surface area contributed by atoms with Crippen LogP contribution in [0.5, 0.6) is 0 Å². The van der Waals surface area contributed by atoms with Gasteiger partial charge in [0.1, 0.15) is 0 Å². The molecule has 0 amide bonds. The van der Waals surface area contributed by atoms with Crippen LogP contribution in [0.15, 0.2) is 57.5 Å². The first-order valence-corrected chi connectivity index (χ1v) is 7.56. The van der Waals surface area contributed by atoms with Gasteiger partial charge in [0.25, 0.3) is 0 Å². The third-order valence-corrected chi connectivity index (χ3v) is 3.64. The van der Waals surface area contributed by atoms with Crippen LogP contribution in [-0.4, -0.2) is 16.9 Å². The molecule has 0 aliphatic rings. The quantitative estimate of drug-likeness (QED) is 0.582. The number of rotatable bonds is 4. The van der Waals surface area contributed by atoms with E-state index in [4.69, 9.17) is 5.11 Å². The molecule has 0 aliphatic heterocycles. The first kappa shape index (κ1) is 15.7. The minimum atomic E-state index is -1.01. The molecule has 21 heavy (non-hydrogen) atoms. The zero-order chi connectivity index (χ0) is 15.4. The molecule has 0 radical (unpaired) electrons. The maximum atomic E-state index is 12.0. The van der Waals surface area contributed by atoms with E-state index in [1.165, 1.54) is 30.3 Å². The van der Waals surface area contributed by atoms with Crippen LogP contribution in [0.4, 0.5) is 0 Å². The van der Waals surface area contributed by atoms with Gasteiger partial charge in [-0.15, -0.1) is 0 Å². The molecule has 0 heterocycles. The van der Waals surface area contributed by atoms with Gasteiger partial charge in [0.05, 0.1) is 5.56 Å². The average Bonchev–Trinajstić information content (AvgIpc) is 2.44. The molecule has 0 unspecified atom stereocenters. The molecule has 106 valence electrons. The lowest BCUT2D eigenvalue weighted by Crippen LogP contribution is -1.98. The molecule has 2 aromatic carbocycles. The van der Waals surface area contributed by atoms with Gasteiger partial charge in [-0.05, 0) is 42.0 Å². The summed E-state index contributed by atoms with van der Waals surface area (Å²) in [7, 11) is 0. The van der Waals surface area contributed by atoms with Gasteiger partial charge in [-0.1, -0.05) is 50.1 Å². The number of ketones is 1. The van der Waals surface area contributed by atoms with Crippen molar-refractivity contribution in [3.05, 3.63) is 74.2 Å². The zero-order valence-corrected chi connectivity index (χ0v) is 13.9. The molecule has 0 spiro atoms. The summed E-state index contributed by atoms with van der Waals surface area (Å²) in [6.45, 7) is 0. The Labute approximate surface area is 138 Å². The molecule has 3 nitrogen and oxygen atoms in total. The Hall–Kier alpha value is -1.72. The fourth-order valence-corrected chi connectivity index (χ4v) is 3.05. The molecule has 0 atom stereocenters. The molecule has 0 fully saturated rings. The molecular formula is C16H10Br2O3. The predicted octanol–water partition coefficient (Wildman–Crippen LogP) is 4.81. The number of carboxylic acid groups (broad SMARTS) is 1. The summed E-state index contributed by atoms with van der Waals surface area (Å²) < 4.78 is 1.82. The predicted molar refractivity (Wildman–Crippen MR) is 88.6 cm³/mol. The van der Waals surface area contributed by atoms with Gasteiger partial charge in [-0.2, -0.15) is 0 Å². The van der Waals surface area contributed by atoms with Gasteiger partial charge < -0.3 is 5.11 Å². The van der Waals surface area contributed by atoms with Crippen molar-refractivity contribution in [1.29, 1.82) is 0 Å². The summed E-state index contributed by atoms with van der Waals surface area (Å²) in [4.78, 5) is 22.8. The fraction of sp³-hybridized carbons (Fsp3) is 0. The van der Waals surface area contributed by atoms with Crippen molar-refractivity contribution in [2.24, 2.45) is 0 Å². The van der Waals surface area contributed by atoms with Gasteiger partial charge in [-0.3, -0.25) is 4.79 Å². The number of hydrogen-bond acceptors (Lipinski definition) is 2. The van der Waals surface area contributed by atoms with Crippen molar-refractivity contribution in [2.45, 2.75) is 0 Å². The van der Waals surface area contributed by atoms with Crippen LogP contribution in [0, 0.1) is 0 Å². The van der Waals surface area contributed by atoms with E-state index in [1.54, 1.807) is 6.08 Å². The summed E-state index contributed by atoms with van der Waals surface area (Å²) >= 11 is 6.76. The molecule has 2 aromatic rings. The highest BCUT2D eigenvalue weighted by Gasteiger charge is 2.05. The van der Waals surface area contributed by atoms with Crippen LogP contribution in [0.25, 0.3) is 6.08 Å². The molecule has 0 aromatic heterocycles. The summed E-state index contributed by atoms with van der Waals surface area (Å²) in [5, 5.41) is 8.81. The number of hydrogen-bond donors (Lipinski definition) is 1. The van der Waals surface area contributed by atoms with E-state index in [2.05, 4.69) is 31.9 Å². The Balaban J connectivity index is 2.16. The largest absolute Gasteiger partial charge is 0.478 e. The van der Waals surface area contributed by atoms with Crippen LogP contribution < -0.4 is 0 Å². The molecule has 1 N–H and O–H groups in total. The lowest BCUT2D eigenvalue weighted by Gasteiger charge is -1.99. The number of allylic oxidation sites excluding steroid dienone is 1. The minimum absolute atomic E-state index is 0.159. The molecule has 5 heteroatoms. The monoisotopic (exact) mass is 408 g/mol. The second-order valence-electron chi connectivity index (χ2n) is 4.28. The standard InChI is InChI=1S/C16H10Br2O3/c17-13-7-10(8-14(18)9-13)1-6-15(19)11-2-4-12(5-3-11)16(20)21/h1-9H,(H,20,21)/b6-1+. The van der Waals surface area contributed by atoms with Crippen molar-refractivity contribution in [3.63, 3.8) is 0 Å². The Bertz CT molecular complexity index is 699. The maximum absolute atomic E-state index is 12.0. The highest BCUT2D eigenvalue weighted by atomic mass is 79.9. The van der Waals surface area contributed by atoms with Crippen molar-refractivity contribution >= 4 is 49.7 Å². The van der Waals surface area contributed by atoms with E-state index in [0.29, 0.717) is 5.56 Å². The van der Waals surface area contributed by atoms with E-state index < -0.39 is 5.97 Å². The van der Waals surface area contributed by atoms with E-state index >= 15 is 0 Å². The Morgan fingerprint density at radius 1 is 0.905 bits per heavy atom. The summed E-state index contributed by atoms with van der Waals surface area (Å²) in [6.07, 6.45) is 3.17. The molecule has 0 saturated heterocycles. The highest BCUT2D eigenvalue weighted by molar-refractivity contribution is 9.11. The first-order chi connectivity index (χ1) is 9.95. The smallest absolute Gasteiger partial charge is 0.335 e. The number of aromatic carboxylic acids is 1. The second kappa shape index (κ2) is 6.83. The topological polar surface area (TPSA) is 54.4 Å². The second-order valence-corrected chi connectivity index (χ2v) is 6.11. The summed E-state index contributed by atoms with van der Waals surface area (Å²) in [5.74, 6) is -1.19. The Morgan fingerprint density at radius 3 is 1.95 bits per heavy atom. The molecule has 0 bridgehead atoms. The highest BCUT2D eigenvalue weighted by Crippen LogP contribution is 2.21. The maximum Gasteiger partial charge on any atom is 0.335 e. The van der Waals surface area contributed by atoms with Crippen molar-refractivity contribution < 1.29 is 14.7 Å². The molecular weight excluding hydrogens is 400 g/mol. The van der Waals surface area contributed by atoms with E-state index in [1.807, 2.05) is 18.2 Å². The van der Waals surface area contributed by atoms with Crippen molar-refractivity contribution in [3.8, 4) is 0 Å². The van der Waals surface area contributed by atoms with Crippen molar-refractivity contribution in [2.75, 3.05) is 0 Å². The number of carbonyl (C=O) groups is 2. The van der Waals surface area contributed by atoms with E-state index in [9.17, 15) is 9.59 Å². The third kappa shape index (κ3) is 4.37. The lowest BCUT2D eigenvalue weighted by molar-refractivity contribution is 0.0696. The minimum Gasteiger partial charge on any atom is -0.478 e. The normalized spacial score (nSPS) is 10.8. The van der Waals surface area contributed by atoms with Crippen LogP contribution in [-0.2, 0) is 0 Å². The first-order valence-electron chi connectivity index (χ1n) is 5.97. The summed E-state index contributed by atoms with van der Waals surface area (Å²) in [6, 6.07) is 11.5. The Morgan fingerprint density at radius 2 is 1.43 bits per heavy atom. The zero-order valence-electron chi connectivity index (χ0n) is 10.7. The van der Waals surface area contributed by atoms with Gasteiger partial charge >= 0.3 is 5.97 Å². The molecule has 2 rings (SSSR count). The molecule has 0 saturated carbocycles. The third-order valence-electron chi connectivity index (χ3n) is 2.73. The molecule has 0 aliphatic carbocycles. The van der Waals surface area contributed by atoms with Crippen LogP contribution >= 0.6 is 31.9 Å². The van der Waals surface area contributed by atoms with Gasteiger partial charge in [0, 0.05) is 14.5 Å². The van der Waals surface area contributed by atoms with Gasteiger partial charge in [-0.25, -0.2) is 4.79 Å².